The van der Waals surface area contributed by atoms with Gasteiger partial charge in [-0.2, -0.15) is 0 Å². The molecule has 4 aromatic carbocycles. The molecule has 36 heavy (non-hydrogen) atoms. The van der Waals surface area contributed by atoms with Crippen molar-refractivity contribution in [3.05, 3.63) is 103 Å². The first-order valence-corrected chi connectivity index (χ1v) is 13.2. The summed E-state index contributed by atoms with van der Waals surface area (Å²) in [5, 5.41) is 2.24. The fraction of sp³-hybridized carbons (Fsp3) is 0.0714. The molecule has 1 fully saturated rings. The molecule has 5 rings (SSSR count). The molecule has 0 N–H and O–H groups in total. The van der Waals surface area contributed by atoms with Crippen LogP contribution in [-0.4, -0.2) is 18.3 Å². The molecule has 5 nitrogen and oxygen atoms in total. The molecule has 0 aromatic heterocycles. The van der Waals surface area contributed by atoms with E-state index in [1.165, 1.54) is 0 Å². The topological polar surface area (TPSA) is 55.8 Å². The quantitative estimate of drug-likeness (QED) is 0.161. The lowest BCUT2D eigenvalue weighted by atomic mass is 10.1. The van der Waals surface area contributed by atoms with Crippen LogP contribution in [0.5, 0.6) is 11.5 Å². The molecule has 0 saturated carbocycles. The van der Waals surface area contributed by atoms with E-state index in [9.17, 15) is 9.59 Å². The van der Waals surface area contributed by atoms with Crippen LogP contribution in [0.15, 0.2) is 83.8 Å². The predicted octanol–water partition coefficient (Wildman–Crippen LogP) is 7.93. The summed E-state index contributed by atoms with van der Waals surface area (Å²) >= 11 is 9.29. The van der Waals surface area contributed by atoms with Crippen molar-refractivity contribution in [1.29, 1.82) is 0 Å². The number of nitrogens with zero attached hydrogens (tertiary/aromatic N) is 1. The number of benzene rings is 4. The average molecular weight is 628 g/mol. The highest BCUT2D eigenvalue weighted by molar-refractivity contribution is 14.1. The Hall–Kier alpha value is -3.01. The molecule has 0 radical (unpaired) electrons. The SMILES string of the molecule is COc1cc(/C=C2\SC(=O)N(c3ccccc3Cl)C2=O)cc(I)c1OCc1cccc2ccccc12. The summed E-state index contributed by atoms with van der Waals surface area (Å²) in [6.45, 7) is 0.379. The average Bonchev–Trinajstić information content (AvgIpc) is 3.15. The van der Waals surface area contributed by atoms with E-state index in [4.69, 9.17) is 21.1 Å². The monoisotopic (exact) mass is 627 g/mol. The van der Waals surface area contributed by atoms with E-state index in [0.29, 0.717) is 33.7 Å². The predicted molar refractivity (Wildman–Crippen MR) is 154 cm³/mol. The number of carbonyl (C=O) groups excluding carboxylic acids is 2. The van der Waals surface area contributed by atoms with Gasteiger partial charge in [0.25, 0.3) is 11.1 Å². The molecule has 1 saturated heterocycles. The zero-order valence-corrected chi connectivity index (χ0v) is 22.8. The van der Waals surface area contributed by atoms with Gasteiger partial charge in [-0.25, -0.2) is 4.90 Å². The highest BCUT2D eigenvalue weighted by atomic mass is 127. The third-order valence-corrected chi connectivity index (χ3v) is 7.68. The van der Waals surface area contributed by atoms with Crippen molar-refractivity contribution in [2.75, 3.05) is 12.0 Å². The highest BCUT2D eigenvalue weighted by Crippen LogP contribution is 2.40. The Bertz CT molecular complexity index is 1530. The molecular weight excluding hydrogens is 609 g/mol. The largest absolute Gasteiger partial charge is 0.493 e. The number of hydrogen-bond acceptors (Lipinski definition) is 5. The lowest BCUT2D eigenvalue weighted by Gasteiger charge is -2.15. The first-order valence-electron chi connectivity index (χ1n) is 11.0. The summed E-state index contributed by atoms with van der Waals surface area (Å²) in [6.07, 6.45) is 1.68. The third-order valence-electron chi connectivity index (χ3n) is 5.69. The minimum absolute atomic E-state index is 0.308. The van der Waals surface area contributed by atoms with Crippen LogP contribution in [0.25, 0.3) is 16.8 Å². The van der Waals surface area contributed by atoms with Crippen molar-refractivity contribution >= 4 is 79.6 Å². The number of imide groups is 1. The number of methoxy groups -OCH3 is 1. The van der Waals surface area contributed by atoms with Crippen LogP contribution in [-0.2, 0) is 11.4 Å². The standard InChI is InChI=1S/C28H19ClINO4S/c1-34-24-14-17(15-25-27(32)31(28(33)36-25)23-12-5-4-11-21(23)29)13-22(30)26(24)35-16-19-9-6-8-18-7-2-3-10-20(18)19/h2-15H,16H2,1H3/b25-15-. The normalized spacial score (nSPS) is 14.6. The number of halogens is 2. The van der Waals surface area contributed by atoms with Crippen LogP contribution in [0.1, 0.15) is 11.1 Å². The Labute approximate surface area is 231 Å². The smallest absolute Gasteiger partial charge is 0.298 e. The van der Waals surface area contributed by atoms with Gasteiger partial charge in [-0.05, 0) is 86.6 Å². The number of ether oxygens (including phenoxy) is 2. The number of carbonyl (C=O) groups is 2. The fourth-order valence-electron chi connectivity index (χ4n) is 3.99. The van der Waals surface area contributed by atoms with E-state index >= 15 is 0 Å². The van der Waals surface area contributed by atoms with Crippen LogP contribution in [0, 0.1) is 3.57 Å². The maximum Gasteiger partial charge on any atom is 0.298 e. The summed E-state index contributed by atoms with van der Waals surface area (Å²) in [5.74, 6) is 0.745. The number of hydrogen-bond donors (Lipinski definition) is 0. The molecule has 0 atom stereocenters. The molecule has 1 heterocycles. The number of fused-ring (bicyclic) bond motifs is 1. The van der Waals surface area contributed by atoms with Crippen LogP contribution in [0.3, 0.4) is 0 Å². The van der Waals surface area contributed by atoms with Gasteiger partial charge < -0.3 is 9.47 Å². The zero-order valence-electron chi connectivity index (χ0n) is 19.0. The molecule has 0 spiro atoms. The van der Waals surface area contributed by atoms with E-state index in [-0.39, 0.29) is 0 Å². The summed E-state index contributed by atoms with van der Waals surface area (Å²) < 4.78 is 12.6. The number of para-hydroxylation sites is 1. The van der Waals surface area contributed by atoms with Crippen molar-refractivity contribution in [1.82, 2.24) is 0 Å². The lowest BCUT2D eigenvalue weighted by molar-refractivity contribution is -0.113. The van der Waals surface area contributed by atoms with Gasteiger partial charge in [0.15, 0.2) is 11.5 Å². The summed E-state index contributed by atoms with van der Waals surface area (Å²) in [5.41, 5.74) is 2.16. The van der Waals surface area contributed by atoms with Crippen molar-refractivity contribution in [2.45, 2.75) is 6.61 Å². The molecule has 0 bridgehead atoms. The minimum atomic E-state index is -0.414. The van der Waals surface area contributed by atoms with Crippen molar-refractivity contribution < 1.29 is 19.1 Å². The molecule has 8 heteroatoms. The van der Waals surface area contributed by atoms with E-state index in [0.717, 1.165) is 42.1 Å². The number of anilines is 1. The fourth-order valence-corrected chi connectivity index (χ4v) is 5.83. The Kier molecular flexibility index (Phi) is 7.22. The van der Waals surface area contributed by atoms with E-state index < -0.39 is 11.1 Å². The summed E-state index contributed by atoms with van der Waals surface area (Å²) in [4.78, 5) is 27.1. The van der Waals surface area contributed by atoms with Crippen molar-refractivity contribution in [2.24, 2.45) is 0 Å². The second-order valence-corrected chi connectivity index (χ2v) is 10.5. The van der Waals surface area contributed by atoms with Gasteiger partial charge in [-0.1, -0.05) is 66.2 Å². The Morgan fingerprint density at radius 3 is 2.56 bits per heavy atom. The van der Waals surface area contributed by atoms with Gasteiger partial charge in [0, 0.05) is 0 Å². The van der Waals surface area contributed by atoms with Crippen LogP contribution in [0.2, 0.25) is 5.02 Å². The summed E-state index contributed by atoms with van der Waals surface area (Å²) in [7, 11) is 1.57. The second-order valence-electron chi connectivity index (χ2n) is 7.93. The van der Waals surface area contributed by atoms with E-state index in [1.807, 2.05) is 30.3 Å². The maximum atomic E-state index is 13.0. The molecule has 1 aliphatic heterocycles. The summed E-state index contributed by atoms with van der Waals surface area (Å²) in [6, 6.07) is 24.8. The highest BCUT2D eigenvalue weighted by Gasteiger charge is 2.37. The van der Waals surface area contributed by atoms with Crippen molar-refractivity contribution in [3.63, 3.8) is 0 Å². The molecule has 0 unspecified atom stereocenters. The molecule has 4 aromatic rings. The van der Waals surface area contributed by atoms with Crippen molar-refractivity contribution in [3.8, 4) is 11.5 Å². The van der Waals surface area contributed by atoms with Gasteiger partial charge in [-0.3, -0.25) is 9.59 Å². The van der Waals surface area contributed by atoms with Gasteiger partial charge >= 0.3 is 0 Å². The second kappa shape index (κ2) is 10.5. The zero-order chi connectivity index (χ0) is 25.2. The first kappa shape index (κ1) is 24.7. The maximum absolute atomic E-state index is 13.0. The number of rotatable bonds is 6. The van der Waals surface area contributed by atoms with E-state index in [2.05, 4.69) is 40.8 Å². The van der Waals surface area contributed by atoms with Gasteiger partial charge in [0.2, 0.25) is 0 Å². The number of thioether (sulfide) groups is 1. The lowest BCUT2D eigenvalue weighted by Crippen LogP contribution is -2.27. The Balaban J connectivity index is 1.41. The van der Waals surface area contributed by atoms with Gasteiger partial charge in [0.1, 0.15) is 6.61 Å². The first-order chi connectivity index (χ1) is 17.5. The molecular formula is C28H19ClINO4S. The number of amides is 2. The van der Waals surface area contributed by atoms with Crippen LogP contribution >= 0.6 is 46.0 Å². The molecule has 0 aliphatic carbocycles. The van der Waals surface area contributed by atoms with E-state index in [1.54, 1.807) is 43.5 Å². The van der Waals surface area contributed by atoms with Crippen LogP contribution < -0.4 is 14.4 Å². The molecule has 2 amide bonds. The Morgan fingerprint density at radius 2 is 1.75 bits per heavy atom. The minimum Gasteiger partial charge on any atom is -0.493 e. The third kappa shape index (κ3) is 4.83. The van der Waals surface area contributed by atoms with Gasteiger partial charge in [0.05, 0.1) is 26.3 Å². The van der Waals surface area contributed by atoms with Crippen LogP contribution in [0.4, 0.5) is 10.5 Å². The molecule has 180 valence electrons. The molecule has 1 aliphatic rings. The van der Waals surface area contributed by atoms with Gasteiger partial charge in [-0.15, -0.1) is 0 Å². The Morgan fingerprint density at radius 1 is 1.00 bits per heavy atom.